The van der Waals surface area contributed by atoms with Gasteiger partial charge >= 0.3 is 5.97 Å². The maximum Gasteiger partial charge on any atom is 0.302 e. The van der Waals surface area contributed by atoms with E-state index in [1.165, 1.54) is 6.92 Å². The van der Waals surface area contributed by atoms with E-state index < -0.39 is 5.97 Å². The fourth-order valence-electron chi connectivity index (χ4n) is 0.591. The van der Waals surface area contributed by atoms with Crippen molar-refractivity contribution in [3.8, 4) is 0 Å². The molecule has 0 rings (SSSR count). The van der Waals surface area contributed by atoms with Crippen LogP contribution in [0.1, 0.15) is 33.6 Å². The number of aliphatic hydroxyl groups excluding tert-OH is 2. The van der Waals surface area contributed by atoms with Crippen molar-refractivity contribution in [1.82, 2.24) is 0 Å². The molecule has 0 saturated heterocycles. The summed E-state index contributed by atoms with van der Waals surface area (Å²) < 4.78 is 9.28. The van der Waals surface area contributed by atoms with Gasteiger partial charge in [0.25, 0.3) is 5.97 Å². The molecule has 0 aliphatic carbocycles. The van der Waals surface area contributed by atoms with Crippen LogP contribution in [0, 0.1) is 0 Å². The van der Waals surface area contributed by atoms with Gasteiger partial charge in [0.1, 0.15) is 0 Å². The van der Waals surface area contributed by atoms with Crippen molar-refractivity contribution in [3.05, 3.63) is 0 Å². The van der Waals surface area contributed by atoms with E-state index in [0.717, 1.165) is 19.8 Å². The maximum atomic E-state index is 10.1. The normalized spacial score (nSPS) is 8.47. The van der Waals surface area contributed by atoms with Crippen molar-refractivity contribution in [2.45, 2.75) is 33.6 Å². The van der Waals surface area contributed by atoms with Crippen molar-refractivity contribution in [1.29, 1.82) is 0 Å². The minimum Gasteiger partial charge on any atom is -0.481 e. The lowest BCUT2D eigenvalue weighted by Gasteiger charge is -1.96. The number of rotatable bonds is 7. The van der Waals surface area contributed by atoms with Gasteiger partial charge in [-0.3, -0.25) is 9.59 Å². The summed E-state index contributed by atoms with van der Waals surface area (Å²) in [5, 5.41) is 23.6. The predicted octanol–water partition coefficient (Wildman–Crippen LogP) is 0.428. The number of aliphatic carboxylic acids is 1. The van der Waals surface area contributed by atoms with Crippen LogP contribution in [-0.4, -0.2) is 60.3 Å². The zero-order chi connectivity index (χ0) is 15.5. The number of ether oxygens (including phenoxy) is 2. The molecule has 0 radical (unpaired) electrons. The van der Waals surface area contributed by atoms with Crippen LogP contribution in [0.5, 0.6) is 0 Å². The fraction of sp³-hybridized carbons (Fsp3) is 0.833. The third-order valence-electron chi connectivity index (χ3n) is 1.27. The molecule has 0 bridgehead atoms. The topological polar surface area (TPSA) is 113 Å². The number of carbonyl (C=O) groups excluding carboxylic acids is 1. The van der Waals surface area contributed by atoms with Crippen LogP contribution < -0.4 is 0 Å². The molecular weight excluding hydrogens is 256 g/mol. The van der Waals surface area contributed by atoms with Gasteiger partial charge < -0.3 is 24.8 Å². The molecule has 0 atom stereocenters. The van der Waals surface area contributed by atoms with Gasteiger partial charge in [0.2, 0.25) is 0 Å². The lowest BCUT2D eigenvalue weighted by atomic mass is 10.4. The number of esters is 1. The van der Waals surface area contributed by atoms with E-state index in [0.29, 0.717) is 19.8 Å². The Kier molecular flexibility index (Phi) is 26.6. The highest BCUT2D eigenvalue weighted by Gasteiger charge is 1.88. The van der Waals surface area contributed by atoms with E-state index in [9.17, 15) is 4.79 Å². The first-order valence-electron chi connectivity index (χ1n) is 6.04. The first kappa shape index (κ1) is 23.0. The number of carbonyl (C=O) groups is 2. The Hall–Kier alpha value is -1.18. The van der Waals surface area contributed by atoms with E-state index in [1.54, 1.807) is 0 Å². The van der Waals surface area contributed by atoms with Gasteiger partial charge in [0, 0.05) is 13.8 Å². The Morgan fingerprint density at radius 2 is 1.42 bits per heavy atom. The Morgan fingerprint density at radius 3 is 1.68 bits per heavy atom. The molecule has 116 valence electrons. The van der Waals surface area contributed by atoms with E-state index >= 15 is 0 Å². The first-order valence-corrected chi connectivity index (χ1v) is 6.04. The van der Waals surface area contributed by atoms with Gasteiger partial charge in [-0.25, -0.2) is 0 Å². The molecule has 0 fully saturated rings. The molecule has 0 aromatic rings. The van der Waals surface area contributed by atoms with Gasteiger partial charge in [-0.05, 0) is 6.42 Å². The van der Waals surface area contributed by atoms with Crippen LogP contribution in [0.2, 0.25) is 0 Å². The monoisotopic (exact) mass is 282 g/mol. The van der Waals surface area contributed by atoms with Gasteiger partial charge in [0.05, 0.1) is 33.0 Å². The molecule has 0 aliphatic rings. The summed E-state index contributed by atoms with van der Waals surface area (Å²) in [6.07, 6.45) is 2.05. The third-order valence-corrected chi connectivity index (χ3v) is 1.27. The summed E-state index contributed by atoms with van der Waals surface area (Å²) in [6.45, 7) is 5.84. The van der Waals surface area contributed by atoms with Crippen LogP contribution in [0.4, 0.5) is 0 Å². The summed E-state index contributed by atoms with van der Waals surface area (Å²) >= 11 is 0. The first-order chi connectivity index (χ1) is 8.92. The molecule has 0 aromatic heterocycles. The molecule has 3 N–H and O–H groups in total. The van der Waals surface area contributed by atoms with E-state index in [4.69, 9.17) is 20.1 Å². The predicted molar refractivity (Wildman–Crippen MR) is 69.8 cm³/mol. The Balaban J connectivity index is -0.000000214. The second-order valence-corrected chi connectivity index (χ2v) is 3.27. The van der Waals surface area contributed by atoms with Gasteiger partial charge in [-0.15, -0.1) is 0 Å². The molecular formula is C12H26O7. The van der Waals surface area contributed by atoms with Crippen LogP contribution in [0.3, 0.4) is 0 Å². The zero-order valence-corrected chi connectivity index (χ0v) is 11.9. The molecule has 0 unspecified atom stereocenters. The van der Waals surface area contributed by atoms with E-state index in [1.807, 2.05) is 0 Å². The third kappa shape index (κ3) is 60.4. The van der Waals surface area contributed by atoms with Crippen LogP contribution in [0.25, 0.3) is 0 Å². The largest absolute Gasteiger partial charge is 0.481 e. The number of unbranched alkanes of at least 4 members (excludes halogenated alkanes) is 1. The standard InChI is InChI=1S/C6H12O2.C4H10O3.C2H4O2/c1-3-4-5-8-6(2)7;5-1-3-7-4-2-6;1-2(3)4/h3-5H2,1-2H3;5-6H,1-4H2;1H3,(H,3,4). The van der Waals surface area contributed by atoms with Crippen molar-refractivity contribution >= 4 is 11.9 Å². The average molecular weight is 282 g/mol. The summed E-state index contributed by atoms with van der Waals surface area (Å²) in [4.78, 5) is 19.1. The van der Waals surface area contributed by atoms with Gasteiger partial charge in [-0.2, -0.15) is 0 Å². The summed E-state index contributed by atoms with van der Waals surface area (Å²) in [7, 11) is 0. The molecule has 0 heterocycles. The molecule has 7 nitrogen and oxygen atoms in total. The number of hydrogen-bond acceptors (Lipinski definition) is 6. The SMILES string of the molecule is CC(=O)O.CCCCOC(C)=O.OCCOCCO. The second kappa shape index (κ2) is 22.0. The number of carboxylic acids is 1. The highest BCUT2D eigenvalue weighted by molar-refractivity contribution is 5.65. The Morgan fingerprint density at radius 1 is 1.00 bits per heavy atom. The van der Waals surface area contributed by atoms with Gasteiger partial charge in [0.15, 0.2) is 0 Å². The zero-order valence-electron chi connectivity index (χ0n) is 11.9. The average Bonchev–Trinajstić information content (AvgIpc) is 2.30. The minimum absolute atomic E-state index is 0.0278. The van der Waals surface area contributed by atoms with Crippen molar-refractivity contribution < 1.29 is 34.4 Å². The number of carboxylic acid groups (broad SMARTS) is 1. The molecule has 0 aromatic carbocycles. The summed E-state index contributed by atoms with van der Waals surface area (Å²) in [5.41, 5.74) is 0. The minimum atomic E-state index is -0.833. The smallest absolute Gasteiger partial charge is 0.302 e. The maximum absolute atomic E-state index is 10.1. The molecule has 0 aliphatic heterocycles. The Labute approximate surface area is 114 Å². The lowest BCUT2D eigenvalue weighted by molar-refractivity contribution is -0.141. The summed E-state index contributed by atoms with van der Waals surface area (Å²) in [5.74, 6) is -1.02. The molecule has 7 heteroatoms. The highest BCUT2D eigenvalue weighted by atomic mass is 16.5. The summed E-state index contributed by atoms with van der Waals surface area (Å²) in [6, 6.07) is 0. The number of hydrogen-bond donors (Lipinski definition) is 3. The van der Waals surface area contributed by atoms with Crippen LogP contribution in [-0.2, 0) is 19.1 Å². The quantitative estimate of drug-likeness (QED) is 0.458. The second-order valence-electron chi connectivity index (χ2n) is 3.27. The fourth-order valence-corrected chi connectivity index (χ4v) is 0.591. The van der Waals surface area contributed by atoms with E-state index in [-0.39, 0.29) is 19.2 Å². The molecule has 19 heavy (non-hydrogen) atoms. The van der Waals surface area contributed by atoms with Crippen molar-refractivity contribution in [2.75, 3.05) is 33.0 Å². The van der Waals surface area contributed by atoms with Crippen LogP contribution in [0.15, 0.2) is 0 Å². The van der Waals surface area contributed by atoms with E-state index in [2.05, 4.69) is 16.4 Å². The lowest BCUT2D eigenvalue weighted by Crippen LogP contribution is -2.03. The molecule has 0 saturated carbocycles. The van der Waals surface area contributed by atoms with Crippen LogP contribution >= 0.6 is 0 Å². The van der Waals surface area contributed by atoms with Crippen molar-refractivity contribution in [3.63, 3.8) is 0 Å². The molecule has 0 amide bonds. The van der Waals surface area contributed by atoms with Gasteiger partial charge in [-0.1, -0.05) is 13.3 Å². The number of aliphatic hydroxyl groups is 2. The highest BCUT2D eigenvalue weighted by Crippen LogP contribution is 1.86. The van der Waals surface area contributed by atoms with Crippen molar-refractivity contribution in [2.24, 2.45) is 0 Å². The Bertz CT molecular complexity index is 187. The molecule has 0 spiro atoms.